The Hall–Kier alpha value is -1.79. The molecule has 1 atom stereocenters. The van der Waals surface area contributed by atoms with Crippen molar-refractivity contribution < 1.29 is 19.5 Å². The van der Waals surface area contributed by atoms with Gasteiger partial charge in [-0.2, -0.15) is 0 Å². The molecule has 19 heavy (non-hydrogen) atoms. The first-order chi connectivity index (χ1) is 8.76. The van der Waals surface area contributed by atoms with Crippen LogP contribution >= 0.6 is 0 Å². The normalized spacial score (nSPS) is 13.3. The Labute approximate surface area is 113 Å². The Balaban J connectivity index is 4.42. The molecule has 110 valence electrons. The Morgan fingerprint density at radius 2 is 1.84 bits per heavy atom. The van der Waals surface area contributed by atoms with Gasteiger partial charge in [0.05, 0.1) is 0 Å². The molecule has 0 spiro atoms. The van der Waals surface area contributed by atoms with Gasteiger partial charge in [-0.1, -0.05) is 13.8 Å². The number of hydrogen-bond donors (Lipinski definition) is 3. The average Bonchev–Trinajstić information content (AvgIpc) is 2.35. The van der Waals surface area contributed by atoms with Crippen LogP contribution in [0.2, 0.25) is 0 Å². The van der Waals surface area contributed by atoms with Gasteiger partial charge in [-0.05, 0) is 19.8 Å². The Kier molecular flexibility index (Phi) is 6.89. The summed E-state index contributed by atoms with van der Waals surface area (Å²) in [5.74, 6) is -1.37. The number of aliphatic carboxylic acids is 1. The fraction of sp³-hybridized carbons (Fsp3) is 0.750. The third-order valence-corrected chi connectivity index (χ3v) is 2.86. The van der Waals surface area contributed by atoms with Gasteiger partial charge >= 0.3 is 12.0 Å². The molecule has 0 aliphatic carbocycles. The molecular formula is C12H23N3O4. The standard InChI is InChI=1S/C12H23N3O4/c1-5-7-13-9(16)8-15(4)11(19)14-12(3,6-2)10(17)18/h5-8H2,1-4H3,(H,13,16)(H,14,19)(H,17,18). The highest BCUT2D eigenvalue weighted by molar-refractivity contribution is 5.88. The Morgan fingerprint density at radius 3 is 2.26 bits per heavy atom. The van der Waals surface area contributed by atoms with E-state index >= 15 is 0 Å². The van der Waals surface area contributed by atoms with E-state index in [9.17, 15) is 14.4 Å². The van der Waals surface area contributed by atoms with Gasteiger partial charge < -0.3 is 20.6 Å². The van der Waals surface area contributed by atoms with Gasteiger partial charge in [0.15, 0.2) is 0 Å². The number of carboxylic acids is 1. The van der Waals surface area contributed by atoms with E-state index in [-0.39, 0.29) is 18.9 Å². The molecule has 7 nitrogen and oxygen atoms in total. The molecule has 0 aliphatic heterocycles. The number of carbonyl (C=O) groups excluding carboxylic acids is 2. The van der Waals surface area contributed by atoms with Gasteiger partial charge in [0, 0.05) is 13.6 Å². The lowest BCUT2D eigenvalue weighted by Gasteiger charge is -2.27. The average molecular weight is 273 g/mol. The van der Waals surface area contributed by atoms with Crippen molar-refractivity contribution in [2.24, 2.45) is 0 Å². The van der Waals surface area contributed by atoms with Crippen molar-refractivity contribution in [1.29, 1.82) is 0 Å². The van der Waals surface area contributed by atoms with Gasteiger partial charge in [0.2, 0.25) is 5.91 Å². The van der Waals surface area contributed by atoms with Crippen molar-refractivity contribution in [3.8, 4) is 0 Å². The molecule has 7 heteroatoms. The largest absolute Gasteiger partial charge is 0.480 e. The van der Waals surface area contributed by atoms with Crippen LogP contribution in [0.4, 0.5) is 4.79 Å². The van der Waals surface area contributed by atoms with Crippen LogP contribution in [0.5, 0.6) is 0 Å². The van der Waals surface area contributed by atoms with Gasteiger partial charge in [-0.15, -0.1) is 0 Å². The van der Waals surface area contributed by atoms with E-state index < -0.39 is 17.5 Å². The van der Waals surface area contributed by atoms with E-state index in [1.54, 1.807) is 6.92 Å². The highest BCUT2D eigenvalue weighted by atomic mass is 16.4. The highest BCUT2D eigenvalue weighted by Crippen LogP contribution is 2.09. The van der Waals surface area contributed by atoms with E-state index in [0.717, 1.165) is 11.3 Å². The lowest BCUT2D eigenvalue weighted by atomic mass is 10.00. The molecule has 0 aromatic carbocycles. The number of nitrogens with zero attached hydrogens (tertiary/aromatic N) is 1. The topological polar surface area (TPSA) is 98.7 Å². The third kappa shape index (κ3) is 5.58. The minimum Gasteiger partial charge on any atom is -0.480 e. The van der Waals surface area contributed by atoms with Crippen LogP contribution in [0.25, 0.3) is 0 Å². The SMILES string of the molecule is CCCNC(=O)CN(C)C(=O)NC(C)(CC)C(=O)O. The zero-order valence-corrected chi connectivity index (χ0v) is 11.9. The molecule has 0 heterocycles. The smallest absolute Gasteiger partial charge is 0.329 e. The van der Waals surface area contributed by atoms with E-state index in [0.29, 0.717) is 6.54 Å². The number of nitrogens with one attached hydrogen (secondary N) is 2. The maximum atomic E-state index is 11.8. The summed E-state index contributed by atoms with van der Waals surface area (Å²) in [4.78, 5) is 35.5. The summed E-state index contributed by atoms with van der Waals surface area (Å²) >= 11 is 0. The molecule has 0 aromatic rings. The second kappa shape index (κ2) is 7.60. The Morgan fingerprint density at radius 1 is 1.26 bits per heavy atom. The minimum atomic E-state index is -1.33. The van der Waals surface area contributed by atoms with Crippen LogP contribution in [0.15, 0.2) is 0 Å². The molecule has 0 radical (unpaired) electrons. The molecular weight excluding hydrogens is 250 g/mol. The summed E-state index contributed by atoms with van der Waals surface area (Å²) in [7, 11) is 1.44. The summed E-state index contributed by atoms with van der Waals surface area (Å²) in [5, 5.41) is 14.1. The van der Waals surface area contributed by atoms with Crippen molar-refractivity contribution in [1.82, 2.24) is 15.5 Å². The number of carboxylic acid groups (broad SMARTS) is 1. The van der Waals surface area contributed by atoms with E-state index in [4.69, 9.17) is 5.11 Å². The molecule has 3 N–H and O–H groups in total. The second-order valence-corrected chi connectivity index (χ2v) is 4.63. The van der Waals surface area contributed by atoms with Crippen LogP contribution in [0.3, 0.4) is 0 Å². The van der Waals surface area contributed by atoms with Crippen molar-refractivity contribution in [2.75, 3.05) is 20.1 Å². The van der Waals surface area contributed by atoms with Crippen LogP contribution < -0.4 is 10.6 Å². The minimum absolute atomic E-state index is 0.106. The third-order valence-electron chi connectivity index (χ3n) is 2.86. The maximum absolute atomic E-state index is 11.8. The summed E-state index contributed by atoms with van der Waals surface area (Å²) in [6.45, 7) is 5.47. The fourth-order valence-corrected chi connectivity index (χ4v) is 1.23. The van der Waals surface area contributed by atoms with Crippen LogP contribution in [-0.4, -0.2) is 53.6 Å². The summed E-state index contributed by atoms with van der Waals surface area (Å²) in [5.41, 5.74) is -1.33. The number of rotatable bonds is 7. The van der Waals surface area contributed by atoms with Crippen molar-refractivity contribution in [2.45, 2.75) is 39.2 Å². The number of hydrogen-bond acceptors (Lipinski definition) is 3. The highest BCUT2D eigenvalue weighted by Gasteiger charge is 2.33. The van der Waals surface area contributed by atoms with Gasteiger partial charge in [-0.3, -0.25) is 4.79 Å². The zero-order valence-electron chi connectivity index (χ0n) is 11.9. The van der Waals surface area contributed by atoms with Crippen molar-refractivity contribution in [3.05, 3.63) is 0 Å². The quantitative estimate of drug-likeness (QED) is 0.625. The maximum Gasteiger partial charge on any atom is 0.329 e. The summed E-state index contributed by atoms with van der Waals surface area (Å²) in [6.07, 6.45) is 1.07. The molecule has 3 amide bonds. The van der Waals surface area contributed by atoms with E-state index in [2.05, 4.69) is 10.6 Å². The zero-order chi connectivity index (χ0) is 15.1. The molecule has 0 bridgehead atoms. The van der Waals surface area contributed by atoms with Crippen molar-refractivity contribution >= 4 is 17.9 Å². The molecule has 0 rings (SSSR count). The summed E-state index contributed by atoms with van der Waals surface area (Å²) < 4.78 is 0. The molecule has 0 saturated carbocycles. The molecule has 1 unspecified atom stereocenters. The molecule has 0 saturated heterocycles. The van der Waals surface area contributed by atoms with Crippen LogP contribution in [-0.2, 0) is 9.59 Å². The first-order valence-electron chi connectivity index (χ1n) is 6.30. The number of urea groups is 1. The summed E-state index contributed by atoms with van der Waals surface area (Å²) in [6, 6.07) is -0.585. The number of likely N-dealkylation sites (N-methyl/N-ethyl adjacent to an activating group) is 1. The van der Waals surface area contributed by atoms with Gasteiger partial charge in [-0.25, -0.2) is 9.59 Å². The predicted molar refractivity (Wildman–Crippen MR) is 70.8 cm³/mol. The Bertz CT molecular complexity index is 346. The van der Waals surface area contributed by atoms with Crippen molar-refractivity contribution in [3.63, 3.8) is 0 Å². The second-order valence-electron chi connectivity index (χ2n) is 4.63. The lowest BCUT2D eigenvalue weighted by Crippen LogP contribution is -2.56. The van der Waals surface area contributed by atoms with Gasteiger partial charge in [0.1, 0.15) is 12.1 Å². The van der Waals surface area contributed by atoms with Crippen LogP contribution in [0.1, 0.15) is 33.6 Å². The first kappa shape index (κ1) is 17.2. The number of carbonyl (C=O) groups is 3. The first-order valence-corrected chi connectivity index (χ1v) is 6.30. The fourth-order valence-electron chi connectivity index (χ4n) is 1.23. The van der Waals surface area contributed by atoms with Gasteiger partial charge in [0.25, 0.3) is 0 Å². The van der Waals surface area contributed by atoms with E-state index in [1.807, 2.05) is 6.92 Å². The molecule has 0 fully saturated rings. The monoisotopic (exact) mass is 273 g/mol. The molecule has 0 aromatic heterocycles. The van der Waals surface area contributed by atoms with Crippen LogP contribution in [0, 0.1) is 0 Å². The predicted octanol–water partition coefficient (Wildman–Crippen LogP) is 0.407. The number of amides is 3. The molecule has 0 aliphatic rings. The lowest BCUT2D eigenvalue weighted by molar-refractivity contribution is -0.143. The van der Waals surface area contributed by atoms with E-state index in [1.165, 1.54) is 14.0 Å².